The predicted molar refractivity (Wildman–Crippen MR) is 84.1 cm³/mol. The molecule has 116 valence electrons. The Morgan fingerprint density at radius 2 is 2.05 bits per heavy atom. The van der Waals surface area contributed by atoms with Crippen molar-refractivity contribution >= 4 is 11.7 Å². The van der Waals surface area contributed by atoms with Crippen LogP contribution in [-0.4, -0.2) is 31.8 Å². The van der Waals surface area contributed by atoms with Crippen LogP contribution in [0.1, 0.15) is 45.6 Å². The quantitative estimate of drug-likeness (QED) is 0.801. The third kappa shape index (κ3) is 2.71. The highest BCUT2D eigenvalue weighted by atomic mass is 16.5. The fraction of sp³-hybridized carbons (Fsp3) is 0.588. The summed E-state index contributed by atoms with van der Waals surface area (Å²) in [5.74, 6) is 1.07. The molecular formula is C17H25NO3. The summed E-state index contributed by atoms with van der Waals surface area (Å²) in [6.07, 6.45) is 0.981. The van der Waals surface area contributed by atoms with Gasteiger partial charge in [-0.2, -0.15) is 0 Å². The number of ether oxygens (including phenoxy) is 2. The Morgan fingerprint density at radius 3 is 2.62 bits per heavy atom. The molecule has 2 rings (SSSR count). The molecule has 21 heavy (non-hydrogen) atoms. The van der Waals surface area contributed by atoms with E-state index in [1.807, 2.05) is 19.1 Å². The van der Waals surface area contributed by atoms with Gasteiger partial charge in [-0.1, -0.05) is 6.92 Å². The van der Waals surface area contributed by atoms with E-state index in [0.717, 1.165) is 17.9 Å². The van der Waals surface area contributed by atoms with Crippen LogP contribution in [0, 0.1) is 0 Å². The minimum Gasteiger partial charge on any atom is -0.497 e. The largest absolute Gasteiger partial charge is 0.497 e. The number of hydrogen-bond acceptors (Lipinski definition) is 4. The van der Waals surface area contributed by atoms with Crippen molar-refractivity contribution in [2.75, 3.05) is 19.1 Å². The van der Waals surface area contributed by atoms with Crippen LogP contribution in [0.2, 0.25) is 0 Å². The third-order valence-corrected chi connectivity index (χ3v) is 4.41. The van der Waals surface area contributed by atoms with Crippen molar-refractivity contribution in [1.29, 1.82) is 0 Å². The first kappa shape index (κ1) is 15.7. The Kier molecular flexibility index (Phi) is 4.17. The maximum atomic E-state index is 12.0. The molecule has 0 radical (unpaired) electrons. The van der Waals surface area contributed by atoms with E-state index in [9.17, 15) is 4.79 Å². The molecular weight excluding hydrogens is 266 g/mol. The van der Waals surface area contributed by atoms with Crippen LogP contribution in [-0.2, 0) is 9.53 Å². The number of anilines is 1. The summed E-state index contributed by atoms with van der Waals surface area (Å²) in [5, 5.41) is 0. The van der Waals surface area contributed by atoms with Gasteiger partial charge in [0.15, 0.2) is 0 Å². The van der Waals surface area contributed by atoms with Gasteiger partial charge in [-0.05, 0) is 56.9 Å². The Balaban J connectivity index is 2.53. The second-order valence-corrected chi connectivity index (χ2v) is 6.41. The number of rotatable bonds is 3. The van der Waals surface area contributed by atoms with E-state index in [-0.39, 0.29) is 17.6 Å². The van der Waals surface area contributed by atoms with Gasteiger partial charge in [0.2, 0.25) is 0 Å². The Morgan fingerprint density at radius 1 is 1.38 bits per heavy atom. The molecule has 2 atom stereocenters. The third-order valence-electron chi connectivity index (χ3n) is 4.41. The fourth-order valence-corrected chi connectivity index (χ4v) is 3.57. The predicted octanol–water partition coefficient (Wildman–Crippen LogP) is 3.35. The van der Waals surface area contributed by atoms with Crippen molar-refractivity contribution < 1.29 is 14.3 Å². The summed E-state index contributed by atoms with van der Waals surface area (Å²) in [6.45, 7) is 8.48. The second kappa shape index (κ2) is 5.58. The number of carbonyl (C=O) groups is 1. The lowest BCUT2D eigenvalue weighted by molar-refractivity contribution is -0.142. The van der Waals surface area contributed by atoms with Crippen LogP contribution in [0.25, 0.3) is 0 Å². The number of carbonyl (C=O) groups excluding carboxylic acids is 1. The molecule has 0 N–H and O–H groups in total. The molecule has 1 aliphatic rings. The molecule has 0 amide bonds. The molecule has 1 aromatic carbocycles. The van der Waals surface area contributed by atoms with Crippen molar-refractivity contribution in [3.05, 3.63) is 23.8 Å². The maximum Gasteiger partial charge on any atom is 0.328 e. The monoisotopic (exact) mass is 291 g/mol. The molecule has 0 fully saturated rings. The number of methoxy groups -OCH3 is 2. The van der Waals surface area contributed by atoms with E-state index in [1.165, 1.54) is 12.7 Å². The van der Waals surface area contributed by atoms with Gasteiger partial charge in [-0.15, -0.1) is 0 Å². The zero-order valence-corrected chi connectivity index (χ0v) is 13.8. The van der Waals surface area contributed by atoms with Crippen molar-refractivity contribution in [2.24, 2.45) is 0 Å². The number of esters is 1. The average molecular weight is 291 g/mol. The van der Waals surface area contributed by atoms with E-state index in [0.29, 0.717) is 5.92 Å². The van der Waals surface area contributed by atoms with Gasteiger partial charge in [0.05, 0.1) is 14.2 Å². The Labute approximate surface area is 127 Å². The number of fused-ring (bicyclic) bond motifs is 1. The maximum absolute atomic E-state index is 12.0. The number of hydrogen-bond donors (Lipinski definition) is 0. The highest BCUT2D eigenvalue weighted by molar-refractivity contribution is 5.81. The SMILES string of the molecule is COC(=O)C(C)N1c2ccc(OC)cc2C(C)CC1(C)C. The molecule has 0 saturated heterocycles. The molecule has 2 unspecified atom stereocenters. The molecule has 1 heterocycles. The number of nitrogens with zero attached hydrogens (tertiary/aromatic N) is 1. The summed E-state index contributed by atoms with van der Waals surface area (Å²) in [7, 11) is 3.11. The minimum atomic E-state index is -0.315. The van der Waals surface area contributed by atoms with Crippen LogP contribution >= 0.6 is 0 Å². The summed E-state index contributed by atoms with van der Waals surface area (Å²) in [4.78, 5) is 14.2. The molecule has 0 bridgehead atoms. The first-order valence-corrected chi connectivity index (χ1v) is 7.37. The fourth-order valence-electron chi connectivity index (χ4n) is 3.57. The van der Waals surface area contributed by atoms with Crippen molar-refractivity contribution in [3.63, 3.8) is 0 Å². The van der Waals surface area contributed by atoms with Crippen molar-refractivity contribution in [2.45, 2.75) is 51.6 Å². The second-order valence-electron chi connectivity index (χ2n) is 6.41. The van der Waals surface area contributed by atoms with E-state index in [2.05, 4.69) is 31.7 Å². The van der Waals surface area contributed by atoms with Crippen LogP contribution < -0.4 is 9.64 Å². The smallest absolute Gasteiger partial charge is 0.328 e. The van der Waals surface area contributed by atoms with E-state index < -0.39 is 0 Å². The van der Waals surface area contributed by atoms with Crippen molar-refractivity contribution in [3.8, 4) is 5.75 Å². The van der Waals surface area contributed by atoms with Gasteiger partial charge in [-0.25, -0.2) is 4.79 Å². The van der Waals surface area contributed by atoms with Gasteiger partial charge in [-0.3, -0.25) is 0 Å². The topological polar surface area (TPSA) is 38.8 Å². The Hall–Kier alpha value is -1.71. The van der Waals surface area contributed by atoms with Gasteiger partial charge < -0.3 is 14.4 Å². The first-order valence-electron chi connectivity index (χ1n) is 7.37. The molecule has 0 aliphatic carbocycles. The zero-order valence-electron chi connectivity index (χ0n) is 13.8. The molecule has 0 aromatic heterocycles. The highest BCUT2D eigenvalue weighted by Crippen LogP contribution is 2.45. The van der Waals surface area contributed by atoms with Crippen LogP contribution in [0.3, 0.4) is 0 Å². The summed E-state index contributed by atoms with van der Waals surface area (Å²) < 4.78 is 10.3. The molecule has 0 spiro atoms. The van der Waals surface area contributed by atoms with Crippen molar-refractivity contribution in [1.82, 2.24) is 0 Å². The summed E-state index contributed by atoms with van der Waals surface area (Å²) in [5.41, 5.74) is 2.22. The van der Waals surface area contributed by atoms with Crippen LogP contribution in [0.15, 0.2) is 18.2 Å². The lowest BCUT2D eigenvalue weighted by atomic mass is 9.79. The molecule has 4 heteroatoms. The standard InChI is InChI=1S/C17H25NO3/c1-11-10-17(3,4)18(12(2)16(19)21-6)15-8-7-13(20-5)9-14(11)15/h7-9,11-12H,10H2,1-6H3. The molecule has 0 saturated carbocycles. The van der Waals surface area contributed by atoms with E-state index in [1.54, 1.807) is 7.11 Å². The van der Waals surface area contributed by atoms with Gasteiger partial charge in [0, 0.05) is 11.2 Å². The average Bonchev–Trinajstić information content (AvgIpc) is 2.44. The van der Waals surface area contributed by atoms with E-state index >= 15 is 0 Å². The van der Waals surface area contributed by atoms with Gasteiger partial charge in [0.25, 0.3) is 0 Å². The van der Waals surface area contributed by atoms with E-state index in [4.69, 9.17) is 9.47 Å². The highest BCUT2D eigenvalue weighted by Gasteiger charge is 2.41. The Bertz CT molecular complexity index is 539. The normalized spacial score (nSPS) is 21.4. The first-order chi connectivity index (χ1) is 9.81. The van der Waals surface area contributed by atoms with Crippen LogP contribution in [0.4, 0.5) is 5.69 Å². The molecule has 4 nitrogen and oxygen atoms in total. The lowest BCUT2D eigenvalue weighted by Gasteiger charge is -2.49. The van der Waals surface area contributed by atoms with Crippen LogP contribution in [0.5, 0.6) is 5.75 Å². The minimum absolute atomic E-state index is 0.103. The molecule has 1 aliphatic heterocycles. The number of benzene rings is 1. The summed E-state index contributed by atoms with van der Waals surface area (Å²) >= 11 is 0. The van der Waals surface area contributed by atoms with Gasteiger partial charge in [0.1, 0.15) is 11.8 Å². The zero-order chi connectivity index (χ0) is 15.8. The van der Waals surface area contributed by atoms with Gasteiger partial charge >= 0.3 is 5.97 Å². The molecule has 1 aromatic rings. The lowest BCUT2D eigenvalue weighted by Crippen LogP contribution is -2.55. The summed E-state index contributed by atoms with van der Waals surface area (Å²) in [6, 6.07) is 5.76.